The minimum atomic E-state index is -4.05. The van der Waals surface area contributed by atoms with E-state index in [-0.39, 0.29) is 64.3 Å². The summed E-state index contributed by atoms with van der Waals surface area (Å²) in [5, 5.41) is 18.7. The predicted molar refractivity (Wildman–Crippen MR) is 141 cm³/mol. The first kappa shape index (κ1) is 28.8. The SMILES string of the molecule is O=C(Nc1cc(F)c(F)c(F)c1)c1ccc(Cl)c(S(=O)(=O)C2CC3CCC(C2)C3(O)CNC(=O)[C@@H]2CCCN2)c1. The molecule has 2 aromatic rings. The van der Waals surface area contributed by atoms with E-state index >= 15 is 0 Å². The summed E-state index contributed by atoms with van der Waals surface area (Å²) in [6, 6.07) is 4.53. The molecule has 2 bridgehead atoms. The van der Waals surface area contributed by atoms with Crippen molar-refractivity contribution in [3.05, 3.63) is 58.4 Å². The zero-order valence-corrected chi connectivity index (χ0v) is 22.9. The van der Waals surface area contributed by atoms with Crippen molar-refractivity contribution < 1.29 is 36.3 Å². The first-order valence-electron chi connectivity index (χ1n) is 13.1. The molecule has 0 radical (unpaired) electrons. The van der Waals surface area contributed by atoms with E-state index in [2.05, 4.69) is 16.0 Å². The highest BCUT2D eigenvalue weighted by Crippen LogP contribution is 2.52. The number of sulfone groups is 1. The van der Waals surface area contributed by atoms with Gasteiger partial charge in [0.2, 0.25) is 5.91 Å². The third kappa shape index (κ3) is 5.34. The number of hydrogen-bond donors (Lipinski definition) is 4. The molecule has 8 nitrogen and oxygen atoms in total. The van der Waals surface area contributed by atoms with Gasteiger partial charge in [0.1, 0.15) is 0 Å². The van der Waals surface area contributed by atoms with Crippen LogP contribution in [0.5, 0.6) is 0 Å². The van der Waals surface area contributed by atoms with E-state index in [1.807, 2.05) is 0 Å². The number of amides is 2. The first-order chi connectivity index (χ1) is 18.9. The van der Waals surface area contributed by atoms with Crippen LogP contribution in [-0.2, 0) is 14.6 Å². The van der Waals surface area contributed by atoms with Crippen LogP contribution in [0.25, 0.3) is 0 Å². The van der Waals surface area contributed by atoms with Crippen LogP contribution in [0.1, 0.15) is 48.9 Å². The van der Waals surface area contributed by atoms with Crippen molar-refractivity contribution >= 4 is 38.9 Å². The molecule has 2 amide bonds. The highest BCUT2D eigenvalue weighted by molar-refractivity contribution is 7.92. The van der Waals surface area contributed by atoms with Crippen LogP contribution >= 0.6 is 11.6 Å². The van der Waals surface area contributed by atoms with Gasteiger partial charge in [0.05, 0.1) is 26.8 Å². The van der Waals surface area contributed by atoms with E-state index < -0.39 is 44.0 Å². The Morgan fingerprint density at radius 3 is 2.30 bits per heavy atom. The minimum Gasteiger partial charge on any atom is -0.387 e. The van der Waals surface area contributed by atoms with Crippen LogP contribution in [-0.4, -0.2) is 55.3 Å². The number of carbonyl (C=O) groups is 2. The van der Waals surface area contributed by atoms with Gasteiger partial charge in [-0.2, -0.15) is 0 Å². The average molecular weight is 600 g/mol. The molecule has 40 heavy (non-hydrogen) atoms. The van der Waals surface area contributed by atoms with E-state index in [1.54, 1.807) is 0 Å². The Morgan fingerprint density at radius 1 is 1.05 bits per heavy atom. The van der Waals surface area contributed by atoms with Crippen molar-refractivity contribution in [3.63, 3.8) is 0 Å². The Balaban J connectivity index is 1.31. The summed E-state index contributed by atoms with van der Waals surface area (Å²) in [5.74, 6) is -6.41. The molecular formula is C27H29ClF3N3O5S. The molecule has 13 heteroatoms. The Morgan fingerprint density at radius 2 is 1.70 bits per heavy atom. The summed E-state index contributed by atoms with van der Waals surface area (Å²) in [4.78, 5) is 25.0. The molecule has 4 N–H and O–H groups in total. The number of anilines is 1. The predicted octanol–water partition coefficient (Wildman–Crippen LogP) is 3.57. The van der Waals surface area contributed by atoms with Gasteiger partial charge < -0.3 is 21.1 Å². The third-order valence-corrected chi connectivity index (χ3v) is 11.1. The summed E-state index contributed by atoms with van der Waals surface area (Å²) >= 11 is 6.26. The highest BCUT2D eigenvalue weighted by atomic mass is 35.5. The zero-order chi connectivity index (χ0) is 28.8. The average Bonchev–Trinajstić information content (AvgIpc) is 3.48. The Hall–Kier alpha value is -2.67. The minimum absolute atomic E-state index is 0.0487. The van der Waals surface area contributed by atoms with Crippen molar-refractivity contribution in [2.45, 2.75) is 60.3 Å². The van der Waals surface area contributed by atoms with Crippen molar-refractivity contribution in [2.24, 2.45) is 11.8 Å². The molecule has 3 atom stereocenters. The van der Waals surface area contributed by atoms with Gasteiger partial charge in [0.15, 0.2) is 27.3 Å². The molecule has 3 aliphatic rings. The van der Waals surface area contributed by atoms with Crippen molar-refractivity contribution in [1.82, 2.24) is 10.6 Å². The van der Waals surface area contributed by atoms with E-state index in [9.17, 15) is 36.3 Å². The van der Waals surface area contributed by atoms with Crippen LogP contribution in [0.3, 0.4) is 0 Å². The number of nitrogens with one attached hydrogen (secondary N) is 3. The fraction of sp³-hybridized carbons (Fsp3) is 0.481. The second-order valence-corrected chi connectivity index (χ2v) is 13.4. The van der Waals surface area contributed by atoms with Gasteiger partial charge in [0, 0.05) is 29.9 Å². The van der Waals surface area contributed by atoms with Gasteiger partial charge in [-0.3, -0.25) is 9.59 Å². The van der Waals surface area contributed by atoms with Crippen LogP contribution < -0.4 is 16.0 Å². The molecule has 2 aliphatic carbocycles. The van der Waals surface area contributed by atoms with E-state index in [0.29, 0.717) is 25.0 Å². The summed E-state index contributed by atoms with van der Waals surface area (Å²) < 4.78 is 67.8. The fourth-order valence-electron chi connectivity index (χ4n) is 6.29. The second-order valence-electron chi connectivity index (χ2n) is 10.8. The summed E-state index contributed by atoms with van der Waals surface area (Å²) in [6.45, 7) is 0.814. The number of rotatable bonds is 7. The molecule has 1 heterocycles. The largest absolute Gasteiger partial charge is 0.387 e. The van der Waals surface area contributed by atoms with Gasteiger partial charge in [0.25, 0.3) is 5.91 Å². The lowest BCUT2D eigenvalue weighted by molar-refractivity contribution is -0.126. The van der Waals surface area contributed by atoms with Gasteiger partial charge in [-0.15, -0.1) is 0 Å². The highest BCUT2D eigenvalue weighted by Gasteiger charge is 2.55. The number of benzene rings is 2. The van der Waals surface area contributed by atoms with Gasteiger partial charge >= 0.3 is 0 Å². The summed E-state index contributed by atoms with van der Waals surface area (Å²) in [6.07, 6.45) is 3.19. The normalized spacial score (nSPS) is 27.9. The van der Waals surface area contributed by atoms with Crippen LogP contribution in [0.2, 0.25) is 5.02 Å². The summed E-state index contributed by atoms with van der Waals surface area (Å²) in [7, 11) is -4.05. The quantitative estimate of drug-likeness (QED) is 0.361. The molecule has 2 saturated carbocycles. The van der Waals surface area contributed by atoms with E-state index in [0.717, 1.165) is 25.5 Å². The van der Waals surface area contributed by atoms with Crippen LogP contribution in [0.15, 0.2) is 35.2 Å². The Kier molecular flexibility index (Phi) is 7.90. The fourth-order valence-corrected chi connectivity index (χ4v) is 8.69. The third-order valence-electron chi connectivity index (χ3n) is 8.48. The smallest absolute Gasteiger partial charge is 0.255 e. The lowest BCUT2D eigenvalue weighted by Crippen LogP contribution is -2.56. The Bertz CT molecular complexity index is 1410. The maximum atomic E-state index is 13.7. The van der Waals surface area contributed by atoms with Gasteiger partial charge in [-0.1, -0.05) is 11.6 Å². The molecule has 0 aromatic heterocycles. The molecule has 2 unspecified atom stereocenters. The van der Waals surface area contributed by atoms with E-state index in [4.69, 9.17) is 11.6 Å². The number of hydrogen-bond acceptors (Lipinski definition) is 6. The van der Waals surface area contributed by atoms with Crippen molar-refractivity contribution in [1.29, 1.82) is 0 Å². The standard InChI is InChI=1S/C27H29ClF3N3O5S/c28-19-6-3-14(25(35)34-17-11-20(29)24(31)21(30)12-17)8-23(19)40(38,39)18-9-15-4-5-16(10-18)27(15,37)13-33-26(36)22-2-1-7-32-22/h3,6,8,11-12,15-16,18,22,32,37H,1-2,4-5,7,9-10,13H2,(H,33,36)(H,34,35)/t15?,16?,18?,22-,27?/m0/s1. The molecule has 1 aliphatic heterocycles. The van der Waals surface area contributed by atoms with Crippen molar-refractivity contribution in [2.75, 3.05) is 18.4 Å². The number of fused-ring (bicyclic) bond motifs is 2. The van der Waals surface area contributed by atoms with Crippen LogP contribution in [0, 0.1) is 29.3 Å². The first-order valence-corrected chi connectivity index (χ1v) is 15.1. The van der Waals surface area contributed by atoms with Gasteiger partial charge in [-0.05, 0) is 75.1 Å². The molecule has 0 spiro atoms. The second kappa shape index (κ2) is 11.0. The molecule has 216 valence electrons. The lowest BCUT2D eigenvalue weighted by Gasteiger charge is -2.42. The van der Waals surface area contributed by atoms with Gasteiger partial charge in [-0.25, -0.2) is 21.6 Å². The monoisotopic (exact) mass is 599 g/mol. The molecule has 5 rings (SSSR count). The molecule has 3 fully saturated rings. The molecular weight excluding hydrogens is 571 g/mol. The number of carbonyl (C=O) groups excluding carboxylic acids is 2. The maximum Gasteiger partial charge on any atom is 0.255 e. The van der Waals surface area contributed by atoms with E-state index in [1.165, 1.54) is 12.1 Å². The lowest BCUT2D eigenvalue weighted by atomic mass is 9.74. The zero-order valence-electron chi connectivity index (χ0n) is 21.4. The maximum absolute atomic E-state index is 13.7. The Labute approximate surface area is 234 Å². The summed E-state index contributed by atoms with van der Waals surface area (Å²) in [5.41, 5.74) is -1.70. The number of aliphatic hydroxyl groups is 1. The topological polar surface area (TPSA) is 125 Å². The molecule has 1 saturated heterocycles. The van der Waals surface area contributed by atoms with Crippen LogP contribution in [0.4, 0.5) is 18.9 Å². The molecule has 2 aromatic carbocycles. The van der Waals surface area contributed by atoms with Crippen molar-refractivity contribution in [3.8, 4) is 0 Å². The number of halogens is 4.